The summed E-state index contributed by atoms with van der Waals surface area (Å²) in [6.07, 6.45) is 47.1. The van der Waals surface area contributed by atoms with E-state index in [1.807, 2.05) is 0 Å². The molecule has 0 aliphatic carbocycles. The maximum atomic E-state index is 13.9. The molecule has 1 amide bonds. The third kappa shape index (κ3) is 40.6. The van der Waals surface area contributed by atoms with Crippen LogP contribution in [0, 0.1) is 0 Å². The fourth-order valence-electron chi connectivity index (χ4n) is 9.27. The smallest absolute Gasteiger partial charge is 0.306 e. The molecule has 0 bridgehead atoms. The Morgan fingerprint density at radius 3 is 1.11 bits per heavy atom. The van der Waals surface area contributed by atoms with Gasteiger partial charge in [-0.05, 0) is 104 Å². The second-order valence-corrected chi connectivity index (χ2v) is 20.1. The van der Waals surface area contributed by atoms with Crippen molar-refractivity contribution >= 4 is 17.8 Å². The lowest BCUT2D eigenvalue weighted by Gasteiger charge is -2.33. The van der Waals surface area contributed by atoms with E-state index >= 15 is 0 Å². The summed E-state index contributed by atoms with van der Waals surface area (Å²) in [5, 5.41) is 0. The molecular formula is C57H112N2O5. The van der Waals surface area contributed by atoms with Gasteiger partial charge in [0.05, 0.1) is 0 Å². The Labute approximate surface area is 399 Å². The molecule has 380 valence electrons. The van der Waals surface area contributed by atoms with Gasteiger partial charge in [-0.15, -0.1) is 0 Å². The van der Waals surface area contributed by atoms with Crippen molar-refractivity contribution in [1.82, 2.24) is 9.80 Å². The van der Waals surface area contributed by atoms with Crippen molar-refractivity contribution in [3.8, 4) is 0 Å². The van der Waals surface area contributed by atoms with Gasteiger partial charge in [-0.25, -0.2) is 0 Å². The van der Waals surface area contributed by atoms with Crippen LogP contribution in [0.3, 0.4) is 0 Å². The Morgan fingerprint density at radius 2 is 0.672 bits per heavy atom. The Bertz CT molecular complexity index is 1010. The number of hydrogen-bond acceptors (Lipinski definition) is 6. The van der Waals surface area contributed by atoms with E-state index in [2.05, 4.69) is 58.5 Å². The highest BCUT2D eigenvalue weighted by molar-refractivity contribution is 5.76. The predicted octanol–water partition coefficient (Wildman–Crippen LogP) is 17.1. The Hall–Kier alpha value is -1.63. The van der Waals surface area contributed by atoms with Gasteiger partial charge in [0, 0.05) is 31.8 Å². The molecule has 0 fully saturated rings. The van der Waals surface area contributed by atoms with Crippen LogP contribution in [0.1, 0.15) is 304 Å². The molecule has 0 aliphatic heterocycles. The Kier molecular flexibility index (Phi) is 46.6. The summed E-state index contributed by atoms with van der Waals surface area (Å²) in [5.41, 5.74) is 0. The second kappa shape index (κ2) is 47.8. The zero-order valence-electron chi connectivity index (χ0n) is 44.3. The van der Waals surface area contributed by atoms with Crippen molar-refractivity contribution in [2.24, 2.45) is 0 Å². The molecule has 7 nitrogen and oxygen atoms in total. The third-order valence-electron chi connectivity index (χ3n) is 13.5. The molecule has 64 heavy (non-hydrogen) atoms. The number of carbonyl (C=O) groups is 3. The lowest BCUT2D eigenvalue weighted by molar-refractivity contribution is -0.151. The van der Waals surface area contributed by atoms with E-state index in [0.717, 1.165) is 135 Å². The molecule has 0 aromatic rings. The van der Waals surface area contributed by atoms with Crippen molar-refractivity contribution in [2.75, 3.05) is 27.2 Å². The molecule has 0 N–H and O–H groups in total. The lowest BCUT2D eigenvalue weighted by atomic mass is 9.97. The van der Waals surface area contributed by atoms with Gasteiger partial charge in [-0.2, -0.15) is 0 Å². The first-order chi connectivity index (χ1) is 31.2. The van der Waals surface area contributed by atoms with Gasteiger partial charge in [-0.3, -0.25) is 14.4 Å². The van der Waals surface area contributed by atoms with Gasteiger partial charge in [0.1, 0.15) is 12.2 Å². The predicted molar refractivity (Wildman–Crippen MR) is 276 cm³/mol. The van der Waals surface area contributed by atoms with E-state index in [4.69, 9.17) is 9.47 Å². The number of amides is 1. The lowest BCUT2D eigenvalue weighted by Crippen LogP contribution is -2.41. The number of carbonyl (C=O) groups excluding carboxylic acids is 3. The van der Waals surface area contributed by atoms with Gasteiger partial charge in [0.2, 0.25) is 5.91 Å². The van der Waals surface area contributed by atoms with E-state index in [9.17, 15) is 14.4 Å². The summed E-state index contributed by atoms with van der Waals surface area (Å²) in [5.74, 6) is 0.379. The van der Waals surface area contributed by atoms with E-state index < -0.39 is 0 Å². The second-order valence-electron chi connectivity index (χ2n) is 20.1. The topological polar surface area (TPSA) is 76.2 Å². The van der Waals surface area contributed by atoms with Crippen LogP contribution >= 0.6 is 0 Å². The summed E-state index contributed by atoms with van der Waals surface area (Å²) < 4.78 is 12.0. The van der Waals surface area contributed by atoms with Crippen molar-refractivity contribution < 1.29 is 23.9 Å². The van der Waals surface area contributed by atoms with Gasteiger partial charge >= 0.3 is 11.9 Å². The molecule has 0 aliphatic rings. The first-order valence-electron chi connectivity index (χ1n) is 28.5. The maximum Gasteiger partial charge on any atom is 0.306 e. The van der Waals surface area contributed by atoms with Crippen LogP contribution < -0.4 is 0 Å². The SMILES string of the molecule is CCCCCCCCCN(C(=O)CCCN(C)C)C(CCCCCCCCC(=O)OC(CCCC)CCCCC)CCCCCCCCC(=O)OC(CCCCCC)CCCCCC. The van der Waals surface area contributed by atoms with Gasteiger partial charge < -0.3 is 19.3 Å². The Balaban J connectivity index is 5.11. The van der Waals surface area contributed by atoms with Crippen LogP contribution in [0.25, 0.3) is 0 Å². The summed E-state index contributed by atoms with van der Waals surface area (Å²) in [6, 6.07) is 0.325. The first-order valence-corrected chi connectivity index (χ1v) is 28.5. The van der Waals surface area contributed by atoms with E-state index in [-0.39, 0.29) is 24.1 Å². The zero-order valence-corrected chi connectivity index (χ0v) is 44.3. The fraction of sp³-hybridized carbons (Fsp3) is 0.947. The van der Waals surface area contributed by atoms with Gasteiger partial charge in [-0.1, -0.05) is 202 Å². The number of nitrogens with zero attached hydrogens (tertiary/aromatic N) is 2. The quantitative estimate of drug-likeness (QED) is 0.0447. The number of ether oxygens (including phenoxy) is 2. The number of esters is 2. The molecule has 0 saturated heterocycles. The molecule has 0 aromatic heterocycles. The standard InChI is InChI=1S/C57H112N2O5/c1-8-13-18-21-26-31-39-51-59(55(60)47-40-50-58(6)7)52(41-33-27-22-24-29-37-48-56(61)63-53(43-17-12-5)44-32-16-11-4)42-34-28-23-25-30-38-49-57(62)64-54(45-35-19-14-9-2)46-36-20-15-10-3/h52-54H,8-51H2,1-7H3. The number of rotatable bonds is 50. The van der Waals surface area contributed by atoms with Crippen LogP contribution in [-0.4, -0.2) is 73.1 Å². The van der Waals surface area contributed by atoms with E-state index in [0.29, 0.717) is 31.2 Å². The van der Waals surface area contributed by atoms with Crippen LogP contribution in [0.4, 0.5) is 0 Å². The molecule has 7 heteroatoms. The summed E-state index contributed by atoms with van der Waals surface area (Å²) in [6.45, 7) is 13.1. The van der Waals surface area contributed by atoms with Crippen LogP contribution in [0.15, 0.2) is 0 Å². The molecular weight excluding hydrogens is 793 g/mol. The minimum atomic E-state index is 0.00161. The molecule has 0 radical (unpaired) electrons. The van der Waals surface area contributed by atoms with Gasteiger partial charge in [0.25, 0.3) is 0 Å². The van der Waals surface area contributed by atoms with Crippen LogP contribution in [0.5, 0.6) is 0 Å². The third-order valence-corrected chi connectivity index (χ3v) is 13.5. The van der Waals surface area contributed by atoms with Gasteiger partial charge in [0.15, 0.2) is 0 Å². The van der Waals surface area contributed by atoms with Crippen molar-refractivity contribution in [1.29, 1.82) is 0 Å². The van der Waals surface area contributed by atoms with Crippen LogP contribution in [0.2, 0.25) is 0 Å². The van der Waals surface area contributed by atoms with Crippen LogP contribution in [-0.2, 0) is 23.9 Å². The first kappa shape index (κ1) is 62.4. The molecule has 2 atom stereocenters. The van der Waals surface area contributed by atoms with E-state index in [1.165, 1.54) is 128 Å². The highest BCUT2D eigenvalue weighted by Gasteiger charge is 2.23. The van der Waals surface area contributed by atoms with Crippen molar-refractivity contribution in [2.45, 2.75) is 323 Å². The minimum absolute atomic E-state index is 0.00161. The summed E-state index contributed by atoms with van der Waals surface area (Å²) >= 11 is 0. The average molecular weight is 906 g/mol. The molecule has 0 rings (SSSR count). The number of hydrogen-bond donors (Lipinski definition) is 0. The summed E-state index contributed by atoms with van der Waals surface area (Å²) in [7, 11) is 4.20. The summed E-state index contributed by atoms with van der Waals surface area (Å²) in [4.78, 5) is 44.0. The zero-order chi connectivity index (χ0) is 47.1. The van der Waals surface area contributed by atoms with Crippen molar-refractivity contribution in [3.05, 3.63) is 0 Å². The molecule has 0 aromatic carbocycles. The maximum absolute atomic E-state index is 13.9. The minimum Gasteiger partial charge on any atom is -0.462 e. The largest absolute Gasteiger partial charge is 0.462 e. The van der Waals surface area contributed by atoms with E-state index in [1.54, 1.807) is 0 Å². The molecule has 0 saturated carbocycles. The Morgan fingerprint density at radius 1 is 0.344 bits per heavy atom. The highest BCUT2D eigenvalue weighted by atomic mass is 16.5. The number of unbranched alkanes of at least 4 members (excludes halogenated alkanes) is 25. The monoisotopic (exact) mass is 905 g/mol. The fourth-order valence-corrected chi connectivity index (χ4v) is 9.27. The molecule has 0 heterocycles. The van der Waals surface area contributed by atoms with Crippen molar-refractivity contribution in [3.63, 3.8) is 0 Å². The highest BCUT2D eigenvalue weighted by Crippen LogP contribution is 2.23. The molecule has 0 spiro atoms. The normalized spacial score (nSPS) is 12.6. The molecule has 2 unspecified atom stereocenters. The average Bonchev–Trinajstić information content (AvgIpc) is 3.27.